The van der Waals surface area contributed by atoms with E-state index in [2.05, 4.69) is 4.72 Å². The highest BCUT2D eigenvalue weighted by atomic mass is 32.2. The van der Waals surface area contributed by atoms with Crippen LogP contribution in [0.25, 0.3) is 0 Å². The Labute approximate surface area is 187 Å². The zero-order valence-electron chi connectivity index (χ0n) is 17.4. The van der Waals surface area contributed by atoms with Crippen molar-refractivity contribution in [2.24, 2.45) is 0 Å². The molecule has 32 heavy (non-hydrogen) atoms. The molecule has 0 aliphatic carbocycles. The average molecular weight is 481 g/mol. The summed E-state index contributed by atoms with van der Waals surface area (Å²) in [5, 5.41) is 0. The monoisotopic (exact) mass is 480 g/mol. The Morgan fingerprint density at radius 2 is 1.53 bits per heavy atom. The van der Waals surface area contributed by atoms with Gasteiger partial charge in [0.25, 0.3) is 0 Å². The molecule has 2 aromatic carbocycles. The van der Waals surface area contributed by atoms with Crippen LogP contribution < -0.4 is 4.72 Å². The van der Waals surface area contributed by atoms with Crippen molar-refractivity contribution < 1.29 is 31.2 Å². The van der Waals surface area contributed by atoms with Gasteiger partial charge in [-0.3, -0.25) is 9.59 Å². The number of ether oxygens (including phenoxy) is 1. The SMILES string of the molecule is C[C@H](NS(=O)(=O)c1ccccc1)C(=O)OCC(=O)c1ccc(S(=O)(=O)N2CCCC2)cc1. The van der Waals surface area contributed by atoms with Gasteiger partial charge in [-0.2, -0.15) is 9.03 Å². The highest BCUT2D eigenvalue weighted by molar-refractivity contribution is 7.89. The summed E-state index contributed by atoms with van der Waals surface area (Å²) in [7, 11) is -7.50. The molecule has 0 bridgehead atoms. The van der Waals surface area contributed by atoms with Gasteiger partial charge >= 0.3 is 5.97 Å². The molecule has 0 saturated carbocycles. The maximum Gasteiger partial charge on any atom is 0.324 e. The van der Waals surface area contributed by atoms with Crippen molar-refractivity contribution in [2.75, 3.05) is 19.7 Å². The van der Waals surface area contributed by atoms with Crippen molar-refractivity contribution in [3.63, 3.8) is 0 Å². The van der Waals surface area contributed by atoms with Gasteiger partial charge in [-0.05, 0) is 56.2 Å². The van der Waals surface area contributed by atoms with Gasteiger partial charge in [0.1, 0.15) is 6.04 Å². The molecule has 1 atom stereocenters. The Kier molecular flexibility index (Phi) is 7.44. The molecule has 2 aromatic rings. The highest BCUT2D eigenvalue weighted by Crippen LogP contribution is 2.21. The lowest BCUT2D eigenvalue weighted by Gasteiger charge is -2.15. The largest absolute Gasteiger partial charge is 0.456 e. The number of Topliss-reactive ketones (excluding diaryl/α,β-unsaturated/α-hetero) is 1. The van der Waals surface area contributed by atoms with Crippen LogP contribution in [0.5, 0.6) is 0 Å². The molecule has 1 heterocycles. The van der Waals surface area contributed by atoms with Gasteiger partial charge in [0.15, 0.2) is 12.4 Å². The third-order valence-corrected chi connectivity index (χ3v) is 8.43. The second-order valence-corrected chi connectivity index (χ2v) is 11.0. The van der Waals surface area contributed by atoms with Crippen LogP contribution in [0.3, 0.4) is 0 Å². The molecule has 172 valence electrons. The van der Waals surface area contributed by atoms with Crippen molar-refractivity contribution in [3.8, 4) is 0 Å². The molecule has 0 radical (unpaired) electrons. The molecule has 1 fully saturated rings. The molecule has 3 rings (SSSR count). The molecule has 1 aliphatic heterocycles. The Morgan fingerprint density at radius 1 is 0.938 bits per heavy atom. The van der Waals surface area contributed by atoms with Crippen molar-refractivity contribution >= 4 is 31.8 Å². The van der Waals surface area contributed by atoms with E-state index in [0.717, 1.165) is 12.8 Å². The highest BCUT2D eigenvalue weighted by Gasteiger charge is 2.27. The lowest BCUT2D eigenvalue weighted by atomic mass is 10.1. The fourth-order valence-corrected chi connectivity index (χ4v) is 5.91. The van der Waals surface area contributed by atoms with Crippen molar-refractivity contribution in [2.45, 2.75) is 35.6 Å². The van der Waals surface area contributed by atoms with Gasteiger partial charge in [-0.25, -0.2) is 16.8 Å². The fraction of sp³-hybridized carbons (Fsp3) is 0.333. The van der Waals surface area contributed by atoms with Gasteiger partial charge < -0.3 is 4.74 Å². The Hall–Kier alpha value is -2.60. The summed E-state index contributed by atoms with van der Waals surface area (Å²) < 4.78 is 58.2. The first-order valence-corrected chi connectivity index (χ1v) is 12.9. The second kappa shape index (κ2) is 9.90. The molecular weight excluding hydrogens is 456 g/mol. The molecule has 9 nitrogen and oxygen atoms in total. The summed E-state index contributed by atoms with van der Waals surface area (Å²) in [5.74, 6) is -1.45. The average Bonchev–Trinajstić information content (AvgIpc) is 3.33. The van der Waals surface area contributed by atoms with Gasteiger partial charge in [0, 0.05) is 18.7 Å². The van der Waals surface area contributed by atoms with Gasteiger partial charge in [0.2, 0.25) is 20.0 Å². The summed E-state index contributed by atoms with van der Waals surface area (Å²) in [4.78, 5) is 24.5. The molecule has 11 heteroatoms. The van der Waals surface area contributed by atoms with E-state index in [4.69, 9.17) is 4.74 Å². The molecule has 1 aliphatic rings. The van der Waals surface area contributed by atoms with Crippen LogP contribution in [-0.2, 0) is 29.6 Å². The summed E-state index contributed by atoms with van der Waals surface area (Å²) in [6, 6.07) is 11.8. The number of rotatable bonds is 9. The minimum atomic E-state index is -3.92. The molecule has 0 spiro atoms. The van der Waals surface area contributed by atoms with Gasteiger partial charge in [0.05, 0.1) is 9.79 Å². The third-order valence-electron chi connectivity index (χ3n) is 4.96. The predicted molar refractivity (Wildman–Crippen MR) is 116 cm³/mol. The molecule has 0 amide bonds. The zero-order valence-corrected chi connectivity index (χ0v) is 19.1. The second-order valence-electron chi connectivity index (χ2n) is 7.32. The molecular formula is C21H24N2O7S2. The first kappa shape index (κ1) is 24.1. The molecule has 1 N–H and O–H groups in total. The lowest BCUT2D eigenvalue weighted by molar-refractivity contribution is -0.144. The molecule has 0 aromatic heterocycles. The van der Waals surface area contributed by atoms with Crippen LogP contribution in [-0.4, -0.2) is 58.6 Å². The number of nitrogens with zero attached hydrogens (tertiary/aromatic N) is 1. The summed E-state index contributed by atoms with van der Waals surface area (Å²) in [5.41, 5.74) is 0.177. The lowest BCUT2D eigenvalue weighted by Crippen LogP contribution is -2.40. The van der Waals surface area contributed by atoms with E-state index in [9.17, 15) is 26.4 Å². The number of hydrogen-bond acceptors (Lipinski definition) is 7. The maximum atomic E-state index is 12.5. The summed E-state index contributed by atoms with van der Waals surface area (Å²) >= 11 is 0. The number of benzene rings is 2. The van der Waals surface area contributed by atoms with Crippen LogP contribution in [0.1, 0.15) is 30.1 Å². The fourth-order valence-electron chi connectivity index (χ4n) is 3.18. The number of esters is 1. The summed E-state index contributed by atoms with van der Waals surface area (Å²) in [6.45, 7) is 1.66. The maximum absolute atomic E-state index is 12.5. The number of sulfonamides is 2. The van der Waals surface area contributed by atoms with Gasteiger partial charge in [-0.15, -0.1) is 0 Å². The minimum absolute atomic E-state index is 0.000279. The van der Waals surface area contributed by atoms with Crippen molar-refractivity contribution in [3.05, 3.63) is 60.2 Å². The van der Waals surface area contributed by atoms with Crippen molar-refractivity contribution in [1.82, 2.24) is 9.03 Å². The van der Waals surface area contributed by atoms with Crippen LogP contribution in [0, 0.1) is 0 Å². The summed E-state index contributed by atoms with van der Waals surface area (Å²) in [6.07, 6.45) is 1.64. The zero-order chi connectivity index (χ0) is 23.4. The van der Waals surface area contributed by atoms with E-state index in [0.29, 0.717) is 13.1 Å². The normalized spacial score (nSPS) is 15.9. The smallest absolute Gasteiger partial charge is 0.324 e. The quantitative estimate of drug-likeness (QED) is 0.426. The number of ketones is 1. The Bertz CT molecular complexity index is 1170. The number of nitrogens with one attached hydrogen (secondary N) is 1. The van der Waals surface area contributed by atoms with Crippen LogP contribution >= 0.6 is 0 Å². The topological polar surface area (TPSA) is 127 Å². The number of carbonyl (C=O) groups is 2. The third kappa shape index (κ3) is 5.60. The van der Waals surface area contributed by atoms with Gasteiger partial charge in [-0.1, -0.05) is 18.2 Å². The van der Waals surface area contributed by atoms with E-state index in [1.54, 1.807) is 18.2 Å². The number of carbonyl (C=O) groups excluding carboxylic acids is 2. The van der Waals surface area contributed by atoms with Crippen molar-refractivity contribution in [1.29, 1.82) is 0 Å². The van der Waals surface area contributed by atoms with Crippen LogP contribution in [0.2, 0.25) is 0 Å². The Balaban J connectivity index is 1.56. The standard InChI is InChI=1S/C21H24N2O7S2/c1-16(22-31(26,27)18-7-3-2-4-8-18)21(25)30-15-20(24)17-9-11-19(12-10-17)32(28,29)23-13-5-6-14-23/h2-4,7-12,16,22H,5-6,13-15H2,1H3/t16-/m0/s1. The molecule has 0 unspecified atom stereocenters. The van der Waals surface area contributed by atoms with Crippen LogP contribution in [0.15, 0.2) is 64.4 Å². The van der Waals surface area contributed by atoms with E-state index in [-0.39, 0.29) is 15.4 Å². The first-order valence-electron chi connectivity index (χ1n) is 9.99. The minimum Gasteiger partial charge on any atom is -0.456 e. The Morgan fingerprint density at radius 3 is 2.12 bits per heavy atom. The predicted octanol–water partition coefficient (Wildman–Crippen LogP) is 1.56. The van der Waals surface area contributed by atoms with Crippen LogP contribution in [0.4, 0.5) is 0 Å². The first-order chi connectivity index (χ1) is 15.1. The molecule has 1 saturated heterocycles. The number of hydrogen-bond donors (Lipinski definition) is 1. The van der Waals surface area contributed by atoms with E-state index in [1.165, 1.54) is 47.6 Å². The van der Waals surface area contributed by atoms with E-state index in [1.807, 2.05) is 0 Å². The van der Waals surface area contributed by atoms with E-state index >= 15 is 0 Å². The van der Waals surface area contributed by atoms with E-state index < -0.39 is 44.4 Å².